The topological polar surface area (TPSA) is 44.5 Å². The quantitative estimate of drug-likeness (QED) is 0.825. The van der Waals surface area contributed by atoms with Crippen LogP contribution in [-0.2, 0) is 16.8 Å². The molecule has 0 spiro atoms. The Kier molecular flexibility index (Phi) is 3.17. The first kappa shape index (κ1) is 11.4. The summed E-state index contributed by atoms with van der Waals surface area (Å²) >= 11 is 0. The molecule has 0 radical (unpaired) electrons. The molecule has 1 aliphatic rings. The molecule has 88 valence electrons. The number of nitrogens with two attached hydrogens (primary N) is 1. The van der Waals surface area contributed by atoms with Crippen molar-refractivity contribution in [3.63, 3.8) is 0 Å². The molecule has 3 heteroatoms. The molecule has 0 atom stereocenters. The first-order chi connectivity index (χ1) is 7.75. The molecule has 1 aromatic rings. The summed E-state index contributed by atoms with van der Waals surface area (Å²) in [7, 11) is 3.40. The van der Waals surface area contributed by atoms with Crippen LogP contribution in [0.15, 0.2) is 18.2 Å². The second-order valence-corrected chi connectivity index (χ2v) is 4.44. The van der Waals surface area contributed by atoms with Crippen molar-refractivity contribution in [1.82, 2.24) is 0 Å². The van der Waals surface area contributed by atoms with Gasteiger partial charge in [-0.2, -0.15) is 0 Å². The molecule has 0 bridgehead atoms. The van der Waals surface area contributed by atoms with Crippen molar-refractivity contribution in [2.45, 2.75) is 24.9 Å². The molecular weight excluding hydrogens is 202 g/mol. The molecule has 2 N–H and O–H groups in total. The van der Waals surface area contributed by atoms with E-state index in [0.717, 1.165) is 12.3 Å². The molecule has 0 aromatic heterocycles. The number of hydrogen-bond acceptors (Lipinski definition) is 3. The van der Waals surface area contributed by atoms with Crippen molar-refractivity contribution >= 4 is 0 Å². The lowest BCUT2D eigenvalue weighted by atomic mass is 9.91. The zero-order valence-electron chi connectivity index (χ0n) is 9.95. The third-order valence-corrected chi connectivity index (χ3v) is 3.43. The van der Waals surface area contributed by atoms with E-state index in [-0.39, 0.29) is 5.41 Å². The number of rotatable bonds is 5. The maximum absolute atomic E-state index is 5.86. The smallest absolute Gasteiger partial charge is 0.119 e. The highest BCUT2D eigenvalue weighted by atomic mass is 16.5. The maximum Gasteiger partial charge on any atom is 0.119 e. The van der Waals surface area contributed by atoms with Crippen LogP contribution in [-0.4, -0.2) is 20.8 Å². The highest BCUT2D eigenvalue weighted by Crippen LogP contribution is 2.49. The molecule has 1 fully saturated rings. The van der Waals surface area contributed by atoms with Crippen molar-refractivity contribution in [2.24, 2.45) is 5.73 Å². The molecule has 0 saturated heterocycles. The summed E-state index contributed by atoms with van der Waals surface area (Å²) in [4.78, 5) is 0. The summed E-state index contributed by atoms with van der Waals surface area (Å²) in [6.07, 6.45) is 2.37. The van der Waals surface area contributed by atoms with Gasteiger partial charge in [0.1, 0.15) is 5.75 Å². The van der Waals surface area contributed by atoms with E-state index in [4.69, 9.17) is 15.2 Å². The van der Waals surface area contributed by atoms with Crippen LogP contribution in [0.5, 0.6) is 5.75 Å². The van der Waals surface area contributed by atoms with Crippen molar-refractivity contribution in [2.75, 3.05) is 20.8 Å². The summed E-state index contributed by atoms with van der Waals surface area (Å²) in [5.41, 5.74) is 8.60. The summed E-state index contributed by atoms with van der Waals surface area (Å²) in [5, 5.41) is 0. The van der Waals surface area contributed by atoms with Crippen LogP contribution < -0.4 is 10.5 Å². The number of ether oxygens (including phenoxy) is 2. The first-order valence-electron chi connectivity index (χ1n) is 5.62. The van der Waals surface area contributed by atoms with Crippen molar-refractivity contribution in [3.05, 3.63) is 29.3 Å². The van der Waals surface area contributed by atoms with Gasteiger partial charge in [0, 0.05) is 19.1 Å². The third-order valence-electron chi connectivity index (χ3n) is 3.43. The summed E-state index contributed by atoms with van der Waals surface area (Å²) < 4.78 is 10.5. The van der Waals surface area contributed by atoms with Crippen LogP contribution in [0.25, 0.3) is 0 Å². The summed E-state index contributed by atoms with van der Waals surface area (Å²) in [5.74, 6) is 0.878. The molecule has 0 heterocycles. The maximum atomic E-state index is 5.86. The number of hydrogen-bond donors (Lipinski definition) is 1. The molecule has 3 nitrogen and oxygen atoms in total. The minimum Gasteiger partial charge on any atom is -0.497 e. The zero-order chi connectivity index (χ0) is 11.6. The van der Waals surface area contributed by atoms with Crippen LogP contribution in [0, 0.1) is 0 Å². The molecular formula is C13H19NO2. The SMILES string of the molecule is COCc1cc(OC)ccc1C1(CN)CC1. The van der Waals surface area contributed by atoms with Crippen molar-refractivity contribution in [3.8, 4) is 5.75 Å². The van der Waals surface area contributed by atoms with E-state index in [1.54, 1.807) is 14.2 Å². The van der Waals surface area contributed by atoms with Crippen LogP contribution in [0.1, 0.15) is 24.0 Å². The summed E-state index contributed by atoms with van der Waals surface area (Å²) in [6.45, 7) is 1.34. The van der Waals surface area contributed by atoms with Gasteiger partial charge in [0.05, 0.1) is 13.7 Å². The zero-order valence-corrected chi connectivity index (χ0v) is 9.95. The second-order valence-electron chi connectivity index (χ2n) is 4.44. The summed E-state index contributed by atoms with van der Waals surface area (Å²) in [6, 6.07) is 6.19. The number of benzene rings is 1. The largest absolute Gasteiger partial charge is 0.497 e. The van der Waals surface area contributed by atoms with Crippen molar-refractivity contribution in [1.29, 1.82) is 0 Å². The van der Waals surface area contributed by atoms with Gasteiger partial charge < -0.3 is 15.2 Å². The Labute approximate surface area is 96.5 Å². The Morgan fingerprint density at radius 2 is 2.06 bits per heavy atom. The molecule has 16 heavy (non-hydrogen) atoms. The van der Waals surface area contributed by atoms with Gasteiger partial charge in [-0.1, -0.05) is 6.07 Å². The van der Waals surface area contributed by atoms with Crippen LogP contribution >= 0.6 is 0 Å². The molecule has 0 unspecified atom stereocenters. The van der Waals surface area contributed by atoms with Gasteiger partial charge in [-0.3, -0.25) is 0 Å². The van der Waals surface area contributed by atoms with Gasteiger partial charge in [-0.25, -0.2) is 0 Å². The number of methoxy groups -OCH3 is 2. The lowest BCUT2D eigenvalue weighted by molar-refractivity contribution is 0.183. The predicted molar refractivity (Wildman–Crippen MR) is 63.7 cm³/mol. The van der Waals surface area contributed by atoms with E-state index in [1.165, 1.54) is 24.0 Å². The lowest BCUT2D eigenvalue weighted by Crippen LogP contribution is -2.21. The van der Waals surface area contributed by atoms with Gasteiger partial charge in [0.25, 0.3) is 0 Å². The molecule has 1 aliphatic carbocycles. The Hall–Kier alpha value is -1.06. The Morgan fingerprint density at radius 1 is 1.31 bits per heavy atom. The average molecular weight is 221 g/mol. The van der Waals surface area contributed by atoms with Crippen molar-refractivity contribution < 1.29 is 9.47 Å². The van der Waals surface area contributed by atoms with Gasteiger partial charge in [0.15, 0.2) is 0 Å². The standard InChI is InChI=1S/C13H19NO2/c1-15-8-10-7-11(16-2)3-4-12(10)13(9-14)5-6-13/h3-4,7H,5-6,8-9,14H2,1-2H3. The van der Waals surface area contributed by atoms with Gasteiger partial charge >= 0.3 is 0 Å². The Balaban J connectivity index is 2.36. The Morgan fingerprint density at radius 3 is 2.56 bits per heavy atom. The molecule has 2 rings (SSSR count). The predicted octanol–water partition coefficient (Wildman–Crippen LogP) is 1.83. The van der Waals surface area contributed by atoms with Gasteiger partial charge in [0.2, 0.25) is 0 Å². The Bertz CT molecular complexity index is 372. The highest BCUT2D eigenvalue weighted by Gasteiger charge is 2.44. The van der Waals surface area contributed by atoms with E-state index in [9.17, 15) is 0 Å². The molecule has 0 amide bonds. The molecule has 1 aromatic carbocycles. The average Bonchev–Trinajstić information content (AvgIpc) is 3.10. The fourth-order valence-electron chi connectivity index (χ4n) is 2.22. The van der Waals surface area contributed by atoms with Crippen LogP contribution in [0.4, 0.5) is 0 Å². The van der Waals surface area contributed by atoms with E-state index >= 15 is 0 Å². The van der Waals surface area contributed by atoms with Crippen LogP contribution in [0.3, 0.4) is 0 Å². The highest BCUT2D eigenvalue weighted by molar-refractivity contribution is 5.43. The van der Waals surface area contributed by atoms with Gasteiger partial charge in [-0.05, 0) is 36.1 Å². The fourth-order valence-corrected chi connectivity index (χ4v) is 2.22. The van der Waals surface area contributed by atoms with E-state index in [0.29, 0.717) is 6.61 Å². The van der Waals surface area contributed by atoms with E-state index in [1.807, 2.05) is 6.07 Å². The minimum atomic E-state index is 0.208. The lowest BCUT2D eigenvalue weighted by Gasteiger charge is -2.18. The van der Waals surface area contributed by atoms with Crippen LogP contribution in [0.2, 0.25) is 0 Å². The van der Waals surface area contributed by atoms with E-state index < -0.39 is 0 Å². The monoisotopic (exact) mass is 221 g/mol. The molecule has 1 saturated carbocycles. The van der Waals surface area contributed by atoms with Gasteiger partial charge in [-0.15, -0.1) is 0 Å². The minimum absolute atomic E-state index is 0.208. The second kappa shape index (κ2) is 4.44. The fraction of sp³-hybridized carbons (Fsp3) is 0.538. The third kappa shape index (κ3) is 1.93. The normalized spacial score (nSPS) is 17.2. The van der Waals surface area contributed by atoms with E-state index in [2.05, 4.69) is 12.1 Å². The first-order valence-corrected chi connectivity index (χ1v) is 5.62. The molecule has 0 aliphatic heterocycles.